The van der Waals surface area contributed by atoms with Crippen LogP contribution in [-0.2, 0) is 23.1 Å². The lowest BCUT2D eigenvalue weighted by atomic mass is 10.1. The molecule has 2 heterocycles. The third kappa shape index (κ3) is 5.14. The van der Waals surface area contributed by atoms with E-state index < -0.39 is 15.8 Å². The fourth-order valence-electron chi connectivity index (χ4n) is 3.63. The van der Waals surface area contributed by atoms with Gasteiger partial charge in [-0.15, -0.1) is 0 Å². The van der Waals surface area contributed by atoms with Gasteiger partial charge in [0.1, 0.15) is 5.82 Å². The van der Waals surface area contributed by atoms with E-state index in [0.717, 1.165) is 17.2 Å². The number of hydrogen-bond donors (Lipinski definition) is 1. The number of benzene rings is 2. The highest BCUT2D eigenvalue weighted by Gasteiger charge is 2.30. The van der Waals surface area contributed by atoms with Crippen LogP contribution in [0.2, 0.25) is 0 Å². The average molecular weight is 458 g/mol. The third-order valence-corrected chi connectivity index (χ3v) is 7.21. The summed E-state index contributed by atoms with van der Waals surface area (Å²) in [5.74, 6) is -0.599. The van der Waals surface area contributed by atoms with Gasteiger partial charge in [-0.2, -0.15) is 4.31 Å². The molecule has 1 aliphatic rings. The molecule has 4 rings (SSSR count). The van der Waals surface area contributed by atoms with E-state index in [2.05, 4.69) is 10.3 Å². The molecule has 168 valence electrons. The Balaban J connectivity index is 1.29. The second-order valence-corrected chi connectivity index (χ2v) is 9.50. The van der Waals surface area contributed by atoms with Crippen molar-refractivity contribution in [2.75, 3.05) is 26.2 Å². The molecule has 0 spiro atoms. The molecule has 2 aromatic carbocycles. The Morgan fingerprint density at radius 1 is 1.03 bits per heavy atom. The van der Waals surface area contributed by atoms with E-state index in [-0.39, 0.29) is 37.1 Å². The number of halogens is 1. The van der Waals surface area contributed by atoms with Crippen molar-refractivity contribution < 1.29 is 17.6 Å². The van der Waals surface area contributed by atoms with E-state index in [4.69, 9.17) is 0 Å². The Morgan fingerprint density at radius 3 is 2.50 bits per heavy atom. The largest absolute Gasteiger partial charge is 0.334 e. The van der Waals surface area contributed by atoms with Crippen molar-refractivity contribution in [3.63, 3.8) is 0 Å². The van der Waals surface area contributed by atoms with Gasteiger partial charge in [0.2, 0.25) is 10.0 Å². The van der Waals surface area contributed by atoms with Gasteiger partial charge >= 0.3 is 6.03 Å². The Kier molecular flexibility index (Phi) is 6.52. The first-order chi connectivity index (χ1) is 15.4. The number of carbonyl (C=O) groups is 1. The van der Waals surface area contributed by atoms with Crippen LogP contribution in [0.5, 0.6) is 0 Å². The quantitative estimate of drug-likeness (QED) is 0.615. The number of piperazine rings is 1. The van der Waals surface area contributed by atoms with E-state index in [0.29, 0.717) is 13.1 Å². The molecule has 0 aliphatic carbocycles. The molecule has 0 radical (unpaired) electrons. The molecule has 1 fully saturated rings. The summed E-state index contributed by atoms with van der Waals surface area (Å²) in [5, 5.41) is 2.90. The normalized spacial score (nSPS) is 15.0. The molecular weight excluding hydrogens is 433 g/mol. The van der Waals surface area contributed by atoms with Gasteiger partial charge in [0.15, 0.2) is 0 Å². The van der Waals surface area contributed by atoms with Gasteiger partial charge < -0.3 is 14.8 Å². The average Bonchev–Trinajstić information content (AvgIpc) is 3.31. The van der Waals surface area contributed by atoms with Crippen LogP contribution < -0.4 is 5.32 Å². The number of sulfonamides is 1. The van der Waals surface area contributed by atoms with Crippen LogP contribution in [0.15, 0.2) is 72.1 Å². The lowest BCUT2D eigenvalue weighted by molar-refractivity contribution is 0.172. The van der Waals surface area contributed by atoms with Crippen molar-refractivity contribution in [1.82, 2.24) is 24.1 Å². The zero-order chi connectivity index (χ0) is 22.6. The van der Waals surface area contributed by atoms with E-state index >= 15 is 0 Å². The van der Waals surface area contributed by atoms with Crippen molar-refractivity contribution in [1.29, 1.82) is 0 Å². The number of nitrogens with zero attached hydrogens (tertiary/aromatic N) is 4. The van der Waals surface area contributed by atoms with Gasteiger partial charge in [0, 0.05) is 51.7 Å². The van der Waals surface area contributed by atoms with Crippen molar-refractivity contribution in [3.05, 3.63) is 84.2 Å². The zero-order valence-electron chi connectivity index (χ0n) is 17.4. The summed E-state index contributed by atoms with van der Waals surface area (Å²) in [7, 11) is -3.79. The highest BCUT2D eigenvalue weighted by molar-refractivity contribution is 7.89. The van der Waals surface area contributed by atoms with Crippen LogP contribution in [0.4, 0.5) is 9.18 Å². The molecule has 1 aromatic heterocycles. The zero-order valence-corrected chi connectivity index (χ0v) is 18.2. The molecule has 1 N–H and O–H groups in total. The summed E-state index contributed by atoms with van der Waals surface area (Å²) in [5.41, 5.74) is 2.08. The standard InChI is InChI=1S/C22H24FN5O3S/c23-20-5-2-6-21(14-20)32(30,31)28-11-9-27(10-12-28)22(29)25-15-18-3-1-4-19(13-18)16-26-8-7-24-17-26/h1-8,13-14,17H,9-12,15-16H2,(H,25,29). The topological polar surface area (TPSA) is 87.5 Å². The lowest BCUT2D eigenvalue weighted by Crippen LogP contribution is -2.52. The molecule has 0 saturated carbocycles. The SMILES string of the molecule is O=C(NCc1cccc(Cn2ccnc2)c1)N1CCN(S(=O)(=O)c2cccc(F)c2)CC1. The van der Waals surface area contributed by atoms with Crippen molar-refractivity contribution in [2.45, 2.75) is 18.0 Å². The third-order valence-electron chi connectivity index (χ3n) is 5.32. The first-order valence-electron chi connectivity index (χ1n) is 10.2. The summed E-state index contributed by atoms with van der Waals surface area (Å²) >= 11 is 0. The molecule has 8 nitrogen and oxygen atoms in total. The van der Waals surface area contributed by atoms with Crippen LogP contribution in [0.25, 0.3) is 0 Å². The number of amides is 2. The summed E-state index contributed by atoms with van der Waals surface area (Å²) in [6.45, 7) is 1.92. The van der Waals surface area contributed by atoms with Gasteiger partial charge in [-0.1, -0.05) is 30.3 Å². The second kappa shape index (κ2) is 9.49. The van der Waals surface area contributed by atoms with E-state index in [1.54, 1.807) is 17.4 Å². The fourth-order valence-corrected chi connectivity index (χ4v) is 5.08. The molecule has 3 aromatic rings. The second-order valence-electron chi connectivity index (χ2n) is 7.56. The maximum absolute atomic E-state index is 13.4. The summed E-state index contributed by atoms with van der Waals surface area (Å²) in [6.07, 6.45) is 5.37. The van der Waals surface area contributed by atoms with E-state index in [9.17, 15) is 17.6 Å². The first-order valence-corrected chi connectivity index (χ1v) is 11.7. The monoisotopic (exact) mass is 457 g/mol. The molecule has 0 bridgehead atoms. The molecule has 2 amide bonds. The summed E-state index contributed by atoms with van der Waals surface area (Å²) < 4.78 is 42.1. The molecule has 1 saturated heterocycles. The number of nitrogens with one attached hydrogen (secondary N) is 1. The molecule has 10 heteroatoms. The van der Waals surface area contributed by atoms with E-state index in [1.807, 2.05) is 35.0 Å². The summed E-state index contributed by atoms with van der Waals surface area (Å²) in [6, 6.07) is 12.7. The molecule has 0 unspecified atom stereocenters. The van der Waals surface area contributed by atoms with Crippen LogP contribution in [-0.4, -0.2) is 59.4 Å². The van der Waals surface area contributed by atoms with Gasteiger partial charge in [-0.3, -0.25) is 0 Å². The maximum atomic E-state index is 13.4. The predicted molar refractivity (Wildman–Crippen MR) is 117 cm³/mol. The van der Waals surface area contributed by atoms with Gasteiger partial charge in [0.05, 0.1) is 11.2 Å². The minimum Gasteiger partial charge on any atom is -0.334 e. The number of imidazole rings is 1. The fraction of sp³-hybridized carbons (Fsp3) is 0.273. The van der Waals surface area contributed by atoms with Crippen LogP contribution in [0, 0.1) is 5.82 Å². The highest BCUT2D eigenvalue weighted by Crippen LogP contribution is 2.18. The van der Waals surface area contributed by atoms with Gasteiger partial charge in [-0.25, -0.2) is 22.6 Å². The number of aromatic nitrogens is 2. The predicted octanol–water partition coefficient (Wildman–Crippen LogP) is 2.29. The Hall–Kier alpha value is -3.24. The van der Waals surface area contributed by atoms with Crippen LogP contribution >= 0.6 is 0 Å². The van der Waals surface area contributed by atoms with Crippen LogP contribution in [0.3, 0.4) is 0 Å². The van der Waals surface area contributed by atoms with Crippen molar-refractivity contribution in [3.8, 4) is 0 Å². The molecule has 1 aliphatic heterocycles. The van der Waals surface area contributed by atoms with Crippen LogP contribution in [0.1, 0.15) is 11.1 Å². The number of urea groups is 1. The minimum absolute atomic E-state index is 0.0778. The van der Waals surface area contributed by atoms with Crippen molar-refractivity contribution >= 4 is 16.1 Å². The minimum atomic E-state index is -3.79. The Labute approximate surface area is 186 Å². The molecule has 32 heavy (non-hydrogen) atoms. The van der Waals surface area contributed by atoms with Gasteiger partial charge in [-0.05, 0) is 29.3 Å². The number of hydrogen-bond acceptors (Lipinski definition) is 4. The van der Waals surface area contributed by atoms with Crippen molar-refractivity contribution in [2.24, 2.45) is 0 Å². The van der Waals surface area contributed by atoms with Gasteiger partial charge in [0.25, 0.3) is 0 Å². The smallest absolute Gasteiger partial charge is 0.317 e. The maximum Gasteiger partial charge on any atom is 0.317 e. The lowest BCUT2D eigenvalue weighted by Gasteiger charge is -2.34. The first kappa shape index (κ1) is 22.0. The Bertz CT molecular complexity index is 1180. The summed E-state index contributed by atoms with van der Waals surface area (Å²) in [4.78, 5) is 18.1. The highest BCUT2D eigenvalue weighted by atomic mass is 32.2. The van der Waals surface area contributed by atoms with E-state index in [1.165, 1.54) is 22.5 Å². The number of rotatable bonds is 6. The molecular formula is C22H24FN5O3S. The number of carbonyl (C=O) groups excluding carboxylic acids is 1. The Morgan fingerprint density at radius 2 is 1.78 bits per heavy atom. The molecule has 0 atom stereocenters.